The molecule has 0 saturated heterocycles. The van der Waals surface area contributed by atoms with Gasteiger partial charge in [-0.25, -0.2) is 0 Å². The first-order valence-electron chi connectivity index (χ1n) is 6.14. The van der Waals surface area contributed by atoms with Gasteiger partial charge in [0.1, 0.15) is 5.92 Å². The number of halogens is 2. The molecular formula is C16H10Cl2O2. The average molecular weight is 305 g/mol. The molecule has 4 heteroatoms. The Kier molecular flexibility index (Phi) is 3.15. The largest absolute Gasteiger partial charge is 0.293 e. The van der Waals surface area contributed by atoms with E-state index in [0.717, 1.165) is 5.56 Å². The third-order valence-electron chi connectivity index (χ3n) is 3.60. The molecule has 0 spiro atoms. The maximum absolute atomic E-state index is 12.6. The van der Waals surface area contributed by atoms with Crippen LogP contribution in [0.4, 0.5) is 0 Å². The van der Waals surface area contributed by atoms with Crippen LogP contribution >= 0.6 is 23.2 Å². The van der Waals surface area contributed by atoms with Crippen molar-refractivity contribution < 1.29 is 9.59 Å². The van der Waals surface area contributed by atoms with E-state index < -0.39 is 5.92 Å². The number of benzene rings is 2. The van der Waals surface area contributed by atoms with Crippen LogP contribution in [0.15, 0.2) is 36.4 Å². The van der Waals surface area contributed by atoms with E-state index in [1.54, 1.807) is 30.3 Å². The fourth-order valence-electron chi connectivity index (χ4n) is 2.67. The van der Waals surface area contributed by atoms with Crippen molar-refractivity contribution in [2.24, 2.45) is 0 Å². The van der Waals surface area contributed by atoms with Crippen LogP contribution in [-0.4, -0.2) is 11.6 Å². The number of ketones is 2. The molecule has 100 valence electrons. The molecule has 0 aliphatic heterocycles. The highest BCUT2D eigenvalue weighted by atomic mass is 35.5. The summed E-state index contributed by atoms with van der Waals surface area (Å²) in [6.07, 6.45) is 0. The molecule has 1 unspecified atom stereocenters. The lowest BCUT2D eigenvalue weighted by atomic mass is 9.94. The molecule has 1 aliphatic carbocycles. The molecule has 0 amide bonds. The number of rotatable bonds is 1. The minimum Gasteiger partial charge on any atom is -0.293 e. The van der Waals surface area contributed by atoms with E-state index in [0.29, 0.717) is 26.7 Å². The van der Waals surface area contributed by atoms with Crippen LogP contribution in [0.2, 0.25) is 10.0 Å². The second-order valence-corrected chi connectivity index (χ2v) is 5.61. The van der Waals surface area contributed by atoms with Gasteiger partial charge in [0, 0.05) is 26.7 Å². The van der Waals surface area contributed by atoms with Gasteiger partial charge in [0.25, 0.3) is 0 Å². The molecule has 2 aromatic carbocycles. The summed E-state index contributed by atoms with van der Waals surface area (Å²) in [4.78, 5) is 25.1. The predicted octanol–water partition coefficient (Wildman–Crippen LogP) is 4.46. The Morgan fingerprint density at radius 3 is 2.10 bits per heavy atom. The summed E-state index contributed by atoms with van der Waals surface area (Å²) in [5, 5.41) is 0.685. The smallest absolute Gasteiger partial charge is 0.179 e. The second kappa shape index (κ2) is 4.72. The Balaban J connectivity index is 2.23. The van der Waals surface area contributed by atoms with Crippen LogP contribution in [-0.2, 0) is 0 Å². The number of carbonyl (C=O) groups is 2. The molecule has 0 saturated carbocycles. The van der Waals surface area contributed by atoms with Crippen molar-refractivity contribution in [1.82, 2.24) is 0 Å². The van der Waals surface area contributed by atoms with Gasteiger partial charge in [-0.3, -0.25) is 9.59 Å². The molecule has 0 aromatic heterocycles. The van der Waals surface area contributed by atoms with Crippen LogP contribution in [0.3, 0.4) is 0 Å². The van der Waals surface area contributed by atoms with Gasteiger partial charge in [-0.15, -0.1) is 0 Å². The standard InChI is InChI=1S/C16H10Cl2O2/c1-8-4-2-5-9-12(8)16(20)14(15(9)19)13-10(17)6-3-7-11(13)18/h2-7,14H,1H3. The Labute approximate surface area is 126 Å². The van der Waals surface area contributed by atoms with Crippen molar-refractivity contribution in [1.29, 1.82) is 0 Å². The monoisotopic (exact) mass is 304 g/mol. The van der Waals surface area contributed by atoms with E-state index in [1.165, 1.54) is 0 Å². The number of fused-ring (bicyclic) bond motifs is 1. The summed E-state index contributed by atoms with van der Waals surface area (Å²) < 4.78 is 0. The molecule has 3 rings (SSSR count). The number of aryl methyl sites for hydroxylation is 1. The maximum Gasteiger partial charge on any atom is 0.179 e. The summed E-state index contributed by atoms with van der Waals surface area (Å²) in [5.41, 5.74) is 2.14. The Morgan fingerprint density at radius 2 is 1.50 bits per heavy atom. The first-order chi connectivity index (χ1) is 9.52. The number of Topliss-reactive ketones (excluding diaryl/α,β-unsaturated/α-hetero) is 2. The molecule has 0 fully saturated rings. The zero-order chi connectivity index (χ0) is 14.4. The van der Waals surface area contributed by atoms with Gasteiger partial charge in [-0.1, -0.05) is 47.5 Å². The highest BCUT2D eigenvalue weighted by Crippen LogP contribution is 2.41. The summed E-state index contributed by atoms with van der Waals surface area (Å²) in [5.74, 6) is -1.38. The van der Waals surface area contributed by atoms with E-state index in [4.69, 9.17) is 23.2 Å². The van der Waals surface area contributed by atoms with Crippen LogP contribution in [0.25, 0.3) is 0 Å². The zero-order valence-electron chi connectivity index (χ0n) is 10.6. The van der Waals surface area contributed by atoms with E-state index in [-0.39, 0.29) is 11.6 Å². The van der Waals surface area contributed by atoms with Gasteiger partial charge in [0.2, 0.25) is 0 Å². The summed E-state index contributed by atoms with van der Waals surface area (Å²) in [6, 6.07) is 10.2. The second-order valence-electron chi connectivity index (χ2n) is 4.79. The van der Waals surface area contributed by atoms with Gasteiger partial charge >= 0.3 is 0 Å². The molecule has 0 heterocycles. The van der Waals surface area contributed by atoms with E-state index in [9.17, 15) is 9.59 Å². The Bertz CT molecular complexity index is 730. The van der Waals surface area contributed by atoms with Gasteiger partial charge in [-0.05, 0) is 24.6 Å². The summed E-state index contributed by atoms with van der Waals surface area (Å²) in [6.45, 7) is 1.82. The first-order valence-corrected chi connectivity index (χ1v) is 6.90. The predicted molar refractivity (Wildman–Crippen MR) is 79.0 cm³/mol. The van der Waals surface area contributed by atoms with Crippen molar-refractivity contribution in [3.63, 3.8) is 0 Å². The Morgan fingerprint density at radius 1 is 0.900 bits per heavy atom. The lowest BCUT2D eigenvalue weighted by Crippen LogP contribution is -2.14. The quantitative estimate of drug-likeness (QED) is 0.729. The molecule has 0 N–H and O–H groups in total. The summed E-state index contributed by atoms with van der Waals surface area (Å²) >= 11 is 12.3. The highest BCUT2D eigenvalue weighted by molar-refractivity contribution is 6.39. The normalized spacial score (nSPS) is 17.4. The van der Waals surface area contributed by atoms with Crippen molar-refractivity contribution in [3.8, 4) is 0 Å². The molecule has 0 bridgehead atoms. The van der Waals surface area contributed by atoms with Crippen LogP contribution in [0.1, 0.15) is 37.8 Å². The molecule has 20 heavy (non-hydrogen) atoms. The molecule has 2 nitrogen and oxygen atoms in total. The molecule has 0 radical (unpaired) electrons. The first kappa shape index (κ1) is 13.3. The van der Waals surface area contributed by atoms with Crippen molar-refractivity contribution in [2.45, 2.75) is 12.8 Å². The SMILES string of the molecule is Cc1cccc2c1C(=O)C(c1c(Cl)cccc1Cl)C2=O. The van der Waals surface area contributed by atoms with Crippen LogP contribution < -0.4 is 0 Å². The average Bonchev–Trinajstić information content (AvgIpc) is 2.65. The lowest BCUT2D eigenvalue weighted by molar-refractivity contribution is 0.0890. The maximum atomic E-state index is 12.6. The van der Waals surface area contributed by atoms with Gasteiger partial charge in [0.15, 0.2) is 11.6 Å². The van der Waals surface area contributed by atoms with Crippen molar-refractivity contribution in [2.75, 3.05) is 0 Å². The van der Waals surface area contributed by atoms with E-state index in [2.05, 4.69) is 0 Å². The number of carbonyl (C=O) groups excluding carboxylic acids is 2. The topological polar surface area (TPSA) is 34.1 Å². The van der Waals surface area contributed by atoms with Crippen molar-refractivity contribution in [3.05, 3.63) is 68.7 Å². The number of hydrogen-bond acceptors (Lipinski definition) is 2. The number of hydrogen-bond donors (Lipinski definition) is 0. The summed E-state index contributed by atoms with van der Waals surface area (Å²) in [7, 11) is 0. The van der Waals surface area contributed by atoms with Gasteiger partial charge in [0.05, 0.1) is 0 Å². The van der Waals surface area contributed by atoms with Crippen molar-refractivity contribution >= 4 is 34.8 Å². The lowest BCUT2D eigenvalue weighted by Gasteiger charge is -2.11. The van der Waals surface area contributed by atoms with E-state index >= 15 is 0 Å². The third kappa shape index (κ3) is 1.80. The fourth-order valence-corrected chi connectivity index (χ4v) is 3.28. The fraction of sp³-hybridized carbons (Fsp3) is 0.125. The minimum atomic E-state index is -0.924. The minimum absolute atomic E-state index is 0.224. The van der Waals surface area contributed by atoms with Crippen LogP contribution in [0, 0.1) is 6.92 Å². The third-order valence-corrected chi connectivity index (χ3v) is 4.26. The molecular weight excluding hydrogens is 295 g/mol. The Hall–Kier alpha value is -1.64. The molecule has 2 aromatic rings. The highest BCUT2D eigenvalue weighted by Gasteiger charge is 2.42. The van der Waals surface area contributed by atoms with Gasteiger partial charge in [-0.2, -0.15) is 0 Å². The molecule has 1 aliphatic rings. The van der Waals surface area contributed by atoms with E-state index in [1.807, 2.05) is 13.0 Å². The van der Waals surface area contributed by atoms with Crippen LogP contribution in [0.5, 0.6) is 0 Å². The van der Waals surface area contributed by atoms with Gasteiger partial charge < -0.3 is 0 Å². The molecule has 1 atom stereocenters. The zero-order valence-corrected chi connectivity index (χ0v) is 12.1.